The fourth-order valence-corrected chi connectivity index (χ4v) is 3.81. The molecule has 0 bridgehead atoms. The van der Waals surface area contributed by atoms with Crippen molar-refractivity contribution < 1.29 is 8.78 Å². The van der Waals surface area contributed by atoms with Crippen LogP contribution in [0.5, 0.6) is 0 Å². The minimum Gasteiger partial charge on any atom is -0.290 e. The first-order chi connectivity index (χ1) is 12.8. The van der Waals surface area contributed by atoms with Crippen LogP contribution in [0.15, 0.2) is 40.1 Å². The van der Waals surface area contributed by atoms with Gasteiger partial charge in [0, 0.05) is 31.8 Å². The lowest BCUT2D eigenvalue weighted by atomic mass is 10.0. The number of fused-ring (bicyclic) bond motifs is 2. The summed E-state index contributed by atoms with van der Waals surface area (Å²) in [7, 11) is 1.63. The van der Waals surface area contributed by atoms with Crippen LogP contribution in [0.3, 0.4) is 0 Å². The molecule has 1 saturated carbocycles. The molecule has 3 aromatic rings. The Morgan fingerprint density at radius 3 is 2.74 bits per heavy atom. The van der Waals surface area contributed by atoms with Gasteiger partial charge in [-0.3, -0.25) is 14.1 Å². The molecule has 3 heterocycles. The third-order valence-corrected chi connectivity index (χ3v) is 5.79. The van der Waals surface area contributed by atoms with Crippen molar-refractivity contribution in [3.05, 3.63) is 51.9 Å². The number of hydrogen-bond donors (Lipinski definition) is 0. The summed E-state index contributed by atoms with van der Waals surface area (Å²) in [5.74, 6) is -2.71. The van der Waals surface area contributed by atoms with Crippen molar-refractivity contribution in [3.8, 4) is 11.3 Å². The summed E-state index contributed by atoms with van der Waals surface area (Å²) in [6.07, 6.45) is 1.66. The van der Waals surface area contributed by atoms with Crippen molar-refractivity contribution in [2.45, 2.75) is 32.4 Å². The molecule has 0 N–H and O–H groups in total. The molecular weight excluding hydrogens is 350 g/mol. The van der Waals surface area contributed by atoms with Gasteiger partial charge in [0.25, 0.3) is 5.92 Å². The summed E-state index contributed by atoms with van der Waals surface area (Å²) in [4.78, 5) is 21.5. The maximum Gasteiger partial charge on any atom is 0.330 e. The van der Waals surface area contributed by atoms with E-state index in [1.54, 1.807) is 13.1 Å². The first-order valence-corrected chi connectivity index (χ1v) is 8.86. The zero-order valence-corrected chi connectivity index (χ0v) is 15.0. The minimum absolute atomic E-state index is 0.00743. The minimum atomic E-state index is -2.71. The predicted octanol–water partition coefficient (Wildman–Crippen LogP) is 3.38. The fourth-order valence-electron chi connectivity index (χ4n) is 3.81. The van der Waals surface area contributed by atoms with E-state index in [1.807, 2.05) is 30.5 Å². The Hall–Kier alpha value is -2.83. The molecule has 27 heavy (non-hydrogen) atoms. The Labute approximate surface area is 154 Å². The summed E-state index contributed by atoms with van der Waals surface area (Å²) in [5.41, 5.74) is 3.52. The van der Waals surface area contributed by atoms with E-state index >= 15 is 0 Å². The Kier molecular flexibility index (Phi) is 3.10. The normalized spacial score (nSPS) is 22.4. The number of benzene rings is 1. The van der Waals surface area contributed by atoms with Gasteiger partial charge in [0.2, 0.25) is 0 Å². The number of hydrogen-bond acceptors (Lipinski definition) is 3. The quantitative estimate of drug-likeness (QED) is 0.712. The molecule has 5 nitrogen and oxygen atoms in total. The van der Waals surface area contributed by atoms with Gasteiger partial charge in [-0.2, -0.15) is 0 Å². The van der Waals surface area contributed by atoms with E-state index in [2.05, 4.69) is 9.98 Å². The average molecular weight is 368 g/mol. The third kappa shape index (κ3) is 2.30. The molecule has 1 atom stereocenters. The van der Waals surface area contributed by atoms with E-state index in [4.69, 9.17) is 0 Å². The molecule has 1 fully saturated rings. The van der Waals surface area contributed by atoms with Crippen LogP contribution in [-0.2, 0) is 20.1 Å². The maximum atomic E-state index is 13.7. The summed E-state index contributed by atoms with van der Waals surface area (Å²) in [6, 6.07) is 9.68. The zero-order valence-electron chi connectivity index (χ0n) is 15.0. The van der Waals surface area contributed by atoms with Crippen LogP contribution in [0.25, 0.3) is 22.4 Å². The van der Waals surface area contributed by atoms with E-state index in [0.29, 0.717) is 17.7 Å². The molecule has 7 heteroatoms. The fraction of sp³-hybridized carbons (Fsp3) is 0.350. The molecule has 0 saturated heterocycles. The first-order valence-electron chi connectivity index (χ1n) is 8.86. The van der Waals surface area contributed by atoms with Gasteiger partial charge in [-0.15, -0.1) is 0 Å². The first kappa shape index (κ1) is 16.4. The molecular formula is C20H18F2N4O. The van der Waals surface area contributed by atoms with Gasteiger partial charge >= 0.3 is 5.69 Å². The van der Waals surface area contributed by atoms with Crippen molar-refractivity contribution in [2.75, 3.05) is 0 Å². The van der Waals surface area contributed by atoms with Crippen LogP contribution >= 0.6 is 0 Å². The summed E-state index contributed by atoms with van der Waals surface area (Å²) < 4.78 is 30.1. The molecule has 1 unspecified atom stereocenters. The Balaban J connectivity index is 1.60. The van der Waals surface area contributed by atoms with Gasteiger partial charge in [0.15, 0.2) is 5.65 Å². The summed E-state index contributed by atoms with van der Waals surface area (Å²) >= 11 is 0. The van der Waals surface area contributed by atoms with E-state index in [1.165, 1.54) is 21.6 Å². The predicted molar refractivity (Wildman–Crippen MR) is 99.4 cm³/mol. The van der Waals surface area contributed by atoms with Gasteiger partial charge in [0.05, 0.1) is 23.2 Å². The van der Waals surface area contributed by atoms with Gasteiger partial charge in [0.1, 0.15) is 0 Å². The van der Waals surface area contributed by atoms with Crippen molar-refractivity contribution in [3.63, 3.8) is 0 Å². The number of rotatable bonds is 3. The molecule has 1 aliphatic heterocycles. The zero-order chi connectivity index (χ0) is 19.0. The van der Waals surface area contributed by atoms with Gasteiger partial charge in [-0.1, -0.05) is 19.1 Å². The van der Waals surface area contributed by atoms with Crippen molar-refractivity contribution in [1.29, 1.82) is 0 Å². The molecule has 1 aromatic carbocycles. The maximum absolute atomic E-state index is 13.7. The molecule has 1 aliphatic carbocycles. The van der Waals surface area contributed by atoms with Crippen LogP contribution in [0.2, 0.25) is 0 Å². The number of aryl methyl sites for hydroxylation is 1. The van der Waals surface area contributed by atoms with E-state index in [0.717, 1.165) is 16.8 Å². The Bertz CT molecular complexity index is 1190. The Morgan fingerprint density at radius 1 is 1.22 bits per heavy atom. The second-order valence-electron chi connectivity index (χ2n) is 7.79. The lowest BCUT2D eigenvalue weighted by Crippen LogP contribution is -2.27. The van der Waals surface area contributed by atoms with Crippen LogP contribution in [0, 0.1) is 5.41 Å². The van der Waals surface area contributed by atoms with Crippen molar-refractivity contribution >= 4 is 17.4 Å². The van der Waals surface area contributed by atoms with E-state index in [9.17, 15) is 13.6 Å². The molecule has 138 valence electrons. The number of imidazole rings is 1. The van der Waals surface area contributed by atoms with Gasteiger partial charge in [-0.05, 0) is 29.3 Å². The second-order valence-corrected chi connectivity index (χ2v) is 7.79. The number of alkyl halides is 2. The van der Waals surface area contributed by atoms with Crippen LogP contribution < -0.4 is 5.69 Å². The summed E-state index contributed by atoms with van der Waals surface area (Å²) in [6.45, 7) is 2.21. The molecule has 0 radical (unpaired) electrons. The number of pyridine rings is 1. The number of aromatic nitrogens is 3. The number of halogens is 2. The molecule has 0 amide bonds. The number of nitrogens with zero attached hydrogens (tertiary/aromatic N) is 4. The van der Waals surface area contributed by atoms with Crippen LogP contribution in [0.1, 0.15) is 24.5 Å². The van der Waals surface area contributed by atoms with Gasteiger partial charge < -0.3 is 0 Å². The molecule has 5 rings (SSSR count). The second kappa shape index (κ2) is 5.12. The number of aliphatic imine (C=N–C) groups is 1. The topological polar surface area (TPSA) is 52.2 Å². The van der Waals surface area contributed by atoms with Crippen molar-refractivity contribution in [2.24, 2.45) is 17.5 Å². The highest BCUT2D eigenvalue weighted by Gasteiger charge is 2.68. The highest BCUT2D eigenvalue weighted by molar-refractivity contribution is 5.87. The largest absolute Gasteiger partial charge is 0.330 e. The third-order valence-electron chi connectivity index (χ3n) is 5.79. The molecule has 2 aliphatic rings. The highest BCUT2D eigenvalue weighted by Crippen LogP contribution is 2.61. The van der Waals surface area contributed by atoms with Crippen molar-refractivity contribution in [1.82, 2.24) is 14.1 Å². The standard InChI is InChI=1S/C20H18F2N4O/c1-19(10-20(19,21)22)11-26-16-6-5-15(24-17(16)25(2)18(26)27)12-3-4-13-8-23-9-14(13)7-12/h3-7,9H,8,10-11H2,1-2H3. The lowest BCUT2D eigenvalue weighted by molar-refractivity contribution is 0.0637. The monoisotopic (exact) mass is 368 g/mol. The average Bonchev–Trinajstić information content (AvgIpc) is 2.96. The van der Waals surface area contributed by atoms with E-state index < -0.39 is 11.3 Å². The summed E-state index contributed by atoms with van der Waals surface area (Å²) in [5, 5.41) is 0. The Morgan fingerprint density at radius 2 is 2.00 bits per heavy atom. The van der Waals surface area contributed by atoms with Gasteiger partial charge in [-0.25, -0.2) is 18.6 Å². The SMILES string of the molecule is Cn1c(=O)n(CC2(C)CC2(F)F)c2ccc(-c3ccc4c(c3)C=NC4)nc21. The lowest BCUT2D eigenvalue weighted by Gasteiger charge is -2.11. The highest BCUT2D eigenvalue weighted by atomic mass is 19.3. The van der Waals surface area contributed by atoms with E-state index in [-0.39, 0.29) is 18.7 Å². The smallest absolute Gasteiger partial charge is 0.290 e. The molecule has 0 spiro atoms. The molecule has 2 aromatic heterocycles. The van der Waals surface area contributed by atoms with Crippen LogP contribution in [-0.4, -0.2) is 26.3 Å². The van der Waals surface area contributed by atoms with Crippen LogP contribution in [0.4, 0.5) is 8.78 Å².